The lowest BCUT2D eigenvalue weighted by molar-refractivity contribution is -0.118. The monoisotopic (exact) mass is 294 g/mol. The van der Waals surface area contributed by atoms with Gasteiger partial charge in [0.2, 0.25) is 0 Å². The number of benzene rings is 2. The molecule has 0 saturated carbocycles. The topological polar surface area (TPSA) is 62.1 Å². The van der Waals surface area contributed by atoms with Crippen molar-refractivity contribution < 1.29 is 9.53 Å². The minimum atomic E-state index is -0.256. The highest BCUT2D eigenvalue weighted by Crippen LogP contribution is 2.23. The number of hydrogen-bond acceptors (Lipinski definition) is 3. The van der Waals surface area contributed by atoms with Crippen molar-refractivity contribution in [3.8, 4) is 11.8 Å². The van der Waals surface area contributed by atoms with Crippen LogP contribution in [0.15, 0.2) is 36.4 Å². The van der Waals surface area contributed by atoms with Crippen LogP contribution in [0.4, 0.5) is 5.69 Å². The summed E-state index contributed by atoms with van der Waals surface area (Å²) in [5.74, 6) is 0.465. The molecule has 0 atom stereocenters. The van der Waals surface area contributed by atoms with Gasteiger partial charge in [0.1, 0.15) is 5.75 Å². The first-order chi connectivity index (χ1) is 10.5. The average molecular weight is 294 g/mol. The van der Waals surface area contributed by atoms with Gasteiger partial charge in [0.25, 0.3) is 5.91 Å². The van der Waals surface area contributed by atoms with Gasteiger partial charge in [-0.1, -0.05) is 12.1 Å². The van der Waals surface area contributed by atoms with Crippen LogP contribution in [0.2, 0.25) is 0 Å². The van der Waals surface area contributed by atoms with Gasteiger partial charge < -0.3 is 10.1 Å². The van der Waals surface area contributed by atoms with Gasteiger partial charge in [-0.2, -0.15) is 5.26 Å². The number of carbonyl (C=O) groups excluding carboxylic acids is 1. The van der Waals surface area contributed by atoms with Crippen LogP contribution in [0, 0.1) is 32.1 Å². The molecule has 22 heavy (non-hydrogen) atoms. The summed E-state index contributed by atoms with van der Waals surface area (Å²) in [7, 11) is 0. The zero-order valence-corrected chi connectivity index (χ0v) is 12.9. The normalized spacial score (nSPS) is 9.91. The van der Waals surface area contributed by atoms with E-state index in [0.717, 1.165) is 22.4 Å². The molecule has 0 radical (unpaired) electrons. The molecule has 0 saturated heterocycles. The number of ether oxygens (including phenoxy) is 1. The third-order valence-corrected chi connectivity index (χ3v) is 3.40. The molecule has 0 unspecified atom stereocenters. The summed E-state index contributed by atoms with van der Waals surface area (Å²) >= 11 is 0. The van der Waals surface area contributed by atoms with E-state index in [1.54, 1.807) is 24.3 Å². The quantitative estimate of drug-likeness (QED) is 0.938. The van der Waals surface area contributed by atoms with Crippen LogP contribution >= 0.6 is 0 Å². The summed E-state index contributed by atoms with van der Waals surface area (Å²) in [5, 5.41) is 11.6. The molecule has 2 aromatic carbocycles. The fraction of sp³-hybridized carbons (Fsp3) is 0.222. The zero-order valence-electron chi connectivity index (χ0n) is 12.9. The number of carbonyl (C=O) groups is 1. The zero-order chi connectivity index (χ0) is 16.1. The van der Waals surface area contributed by atoms with E-state index in [1.807, 2.05) is 32.9 Å². The Morgan fingerprint density at radius 2 is 2.00 bits per heavy atom. The Labute approximate surface area is 130 Å². The molecule has 4 nitrogen and oxygen atoms in total. The second-order valence-electron chi connectivity index (χ2n) is 5.23. The fourth-order valence-corrected chi connectivity index (χ4v) is 2.16. The molecule has 0 bridgehead atoms. The van der Waals surface area contributed by atoms with Crippen molar-refractivity contribution in [3.05, 3.63) is 58.7 Å². The van der Waals surface area contributed by atoms with E-state index in [0.29, 0.717) is 11.3 Å². The number of nitrogens with zero attached hydrogens (tertiary/aromatic N) is 1. The molecule has 0 aliphatic rings. The van der Waals surface area contributed by atoms with Gasteiger partial charge in [-0.3, -0.25) is 4.79 Å². The number of anilines is 1. The van der Waals surface area contributed by atoms with E-state index < -0.39 is 0 Å². The van der Waals surface area contributed by atoms with E-state index in [4.69, 9.17) is 10.00 Å². The molecule has 2 rings (SSSR count). The Kier molecular flexibility index (Phi) is 4.80. The van der Waals surface area contributed by atoms with Crippen LogP contribution in [0.1, 0.15) is 22.3 Å². The molecule has 2 aromatic rings. The van der Waals surface area contributed by atoms with Crippen molar-refractivity contribution >= 4 is 11.6 Å². The summed E-state index contributed by atoms with van der Waals surface area (Å²) in [5.41, 5.74) is 4.36. The second kappa shape index (κ2) is 6.77. The number of aryl methyl sites for hydroxylation is 2. The number of amides is 1. The minimum Gasteiger partial charge on any atom is -0.483 e. The lowest BCUT2D eigenvalue weighted by atomic mass is 10.1. The van der Waals surface area contributed by atoms with Gasteiger partial charge in [-0.25, -0.2) is 0 Å². The Balaban J connectivity index is 2.00. The van der Waals surface area contributed by atoms with Crippen molar-refractivity contribution in [2.45, 2.75) is 20.8 Å². The lowest BCUT2D eigenvalue weighted by Gasteiger charge is -2.12. The SMILES string of the molecule is Cc1cc(C)c(C)c(OCC(=O)Nc2cccc(C#N)c2)c1. The standard InChI is InChI=1S/C18H18N2O2/c1-12-7-13(2)14(3)17(8-12)22-11-18(21)20-16-6-4-5-15(9-16)10-19/h4-9H,11H2,1-3H3,(H,20,21). The molecular weight excluding hydrogens is 276 g/mol. The van der Waals surface area contributed by atoms with Crippen LogP contribution in [-0.2, 0) is 4.79 Å². The lowest BCUT2D eigenvalue weighted by Crippen LogP contribution is -2.20. The van der Waals surface area contributed by atoms with Gasteiger partial charge in [0.05, 0.1) is 11.6 Å². The highest BCUT2D eigenvalue weighted by Gasteiger charge is 2.08. The van der Waals surface area contributed by atoms with Crippen LogP contribution in [0.5, 0.6) is 5.75 Å². The number of rotatable bonds is 4. The van der Waals surface area contributed by atoms with E-state index in [2.05, 4.69) is 11.4 Å². The molecule has 112 valence electrons. The molecule has 0 fully saturated rings. The molecule has 0 spiro atoms. The predicted octanol–water partition coefficient (Wildman–Crippen LogP) is 3.50. The maximum Gasteiger partial charge on any atom is 0.262 e. The summed E-state index contributed by atoms with van der Waals surface area (Å²) in [6.45, 7) is 5.91. The van der Waals surface area contributed by atoms with Crippen LogP contribution < -0.4 is 10.1 Å². The van der Waals surface area contributed by atoms with Crippen LogP contribution in [-0.4, -0.2) is 12.5 Å². The molecule has 0 aromatic heterocycles. The summed E-state index contributed by atoms with van der Waals surface area (Å²) < 4.78 is 5.61. The van der Waals surface area contributed by atoms with Gasteiger partial charge in [-0.05, 0) is 61.7 Å². The van der Waals surface area contributed by atoms with Gasteiger partial charge in [0, 0.05) is 5.69 Å². The highest BCUT2D eigenvalue weighted by atomic mass is 16.5. The van der Waals surface area contributed by atoms with E-state index in [1.165, 1.54) is 0 Å². The summed E-state index contributed by atoms with van der Waals surface area (Å²) in [6, 6.07) is 12.8. The summed E-state index contributed by atoms with van der Waals surface area (Å²) in [4.78, 5) is 11.9. The Hall–Kier alpha value is -2.80. The molecule has 1 N–H and O–H groups in total. The van der Waals surface area contributed by atoms with Gasteiger partial charge >= 0.3 is 0 Å². The second-order valence-corrected chi connectivity index (χ2v) is 5.23. The smallest absolute Gasteiger partial charge is 0.262 e. The molecule has 0 aliphatic carbocycles. The van der Waals surface area contributed by atoms with E-state index in [9.17, 15) is 4.79 Å². The average Bonchev–Trinajstić information content (AvgIpc) is 2.49. The van der Waals surface area contributed by atoms with Crippen LogP contribution in [0.3, 0.4) is 0 Å². The first-order valence-electron chi connectivity index (χ1n) is 7.00. The predicted molar refractivity (Wildman–Crippen MR) is 85.9 cm³/mol. The highest BCUT2D eigenvalue weighted by molar-refractivity contribution is 5.92. The largest absolute Gasteiger partial charge is 0.483 e. The van der Waals surface area contributed by atoms with E-state index in [-0.39, 0.29) is 12.5 Å². The molecule has 4 heteroatoms. The number of nitrogens with one attached hydrogen (secondary N) is 1. The molecule has 0 aliphatic heterocycles. The molecular formula is C18H18N2O2. The van der Waals surface area contributed by atoms with Crippen molar-refractivity contribution in [1.82, 2.24) is 0 Å². The van der Waals surface area contributed by atoms with Gasteiger partial charge in [0.15, 0.2) is 6.61 Å². The van der Waals surface area contributed by atoms with Crippen molar-refractivity contribution in [2.75, 3.05) is 11.9 Å². The third kappa shape index (κ3) is 3.86. The maximum absolute atomic E-state index is 11.9. The number of nitriles is 1. The Bertz CT molecular complexity index is 745. The third-order valence-electron chi connectivity index (χ3n) is 3.40. The Morgan fingerprint density at radius 3 is 2.73 bits per heavy atom. The number of hydrogen-bond donors (Lipinski definition) is 1. The Morgan fingerprint density at radius 1 is 1.23 bits per heavy atom. The minimum absolute atomic E-state index is 0.0689. The molecule has 0 heterocycles. The van der Waals surface area contributed by atoms with Crippen molar-refractivity contribution in [1.29, 1.82) is 5.26 Å². The van der Waals surface area contributed by atoms with Crippen molar-refractivity contribution in [3.63, 3.8) is 0 Å². The maximum atomic E-state index is 11.9. The first-order valence-corrected chi connectivity index (χ1v) is 7.00. The summed E-state index contributed by atoms with van der Waals surface area (Å²) in [6.07, 6.45) is 0. The van der Waals surface area contributed by atoms with Crippen LogP contribution in [0.25, 0.3) is 0 Å². The fourth-order valence-electron chi connectivity index (χ4n) is 2.16. The van der Waals surface area contributed by atoms with Crippen molar-refractivity contribution in [2.24, 2.45) is 0 Å². The first kappa shape index (κ1) is 15.6. The molecule has 1 amide bonds. The van der Waals surface area contributed by atoms with Gasteiger partial charge in [-0.15, -0.1) is 0 Å². The van der Waals surface area contributed by atoms with E-state index >= 15 is 0 Å².